The van der Waals surface area contributed by atoms with Gasteiger partial charge in [0.2, 0.25) is 0 Å². The molecule has 32 heavy (non-hydrogen) atoms. The molecule has 0 heterocycles. The van der Waals surface area contributed by atoms with Gasteiger partial charge in [-0.3, -0.25) is 9.29 Å². The lowest BCUT2D eigenvalue weighted by atomic mass is 9.93. The predicted octanol–water partition coefficient (Wildman–Crippen LogP) is 7.34. The van der Waals surface area contributed by atoms with Gasteiger partial charge in [-0.15, -0.1) is 0 Å². The molecule has 0 aromatic heterocycles. The van der Waals surface area contributed by atoms with Crippen LogP contribution in [0.2, 0.25) is 0 Å². The first-order chi connectivity index (χ1) is 15.7. The van der Waals surface area contributed by atoms with Crippen molar-refractivity contribution in [1.29, 1.82) is 0 Å². The minimum atomic E-state index is -0.384. The van der Waals surface area contributed by atoms with Crippen molar-refractivity contribution in [2.45, 2.75) is 25.4 Å². The lowest BCUT2D eigenvalue weighted by molar-refractivity contribution is 0.191. The summed E-state index contributed by atoms with van der Waals surface area (Å²) in [7, 11) is 0. The molecule has 0 aliphatic carbocycles. The van der Waals surface area contributed by atoms with Crippen LogP contribution in [0.5, 0.6) is 0 Å². The van der Waals surface area contributed by atoms with E-state index in [9.17, 15) is 4.39 Å². The Morgan fingerprint density at radius 2 is 1.12 bits per heavy atom. The summed E-state index contributed by atoms with van der Waals surface area (Å²) in [5.74, 6) is -0.186. The van der Waals surface area contributed by atoms with E-state index in [-0.39, 0.29) is 18.6 Å². The molecule has 0 amide bonds. The van der Waals surface area contributed by atoms with Crippen LogP contribution < -0.4 is 0 Å². The highest BCUT2D eigenvalue weighted by atomic mass is 19.1. The Bertz CT molecular complexity index is 1020. The van der Waals surface area contributed by atoms with Crippen molar-refractivity contribution in [1.82, 2.24) is 4.90 Å². The Morgan fingerprint density at radius 1 is 0.625 bits per heavy atom. The van der Waals surface area contributed by atoms with E-state index >= 15 is 0 Å². The summed E-state index contributed by atoms with van der Waals surface area (Å²) >= 11 is 0. The van der Waals surface area contributed by atoms with Crippen LogP contribution in [-0.4, -0.2) is 18.1 Å². The molecular weight excluding hydrogens is 393 g/mol. The molecule has 4 aromatic rings. The van der Waals surface area contributed by atoms with Crippen LogP contribution in [0.15, 0.2) is 115 Å². The van der Waals surface area contributed by atoms with Crippen molar-refractivity contribution in [3.8, 4) is 0 Å². The first-order valence-corrected chi connectivity index (χ1v) is 11.2. The quantitative estimate of drug-likeness (QED) is 0.272. The molecule has 0 unspecified atom stereocenters. The number of halogens is 1. The van der Waals surface area contributed by atoms with Gasteiger partial charge in [0.1, 0.15) is 0 Å². The molecule has 4 rings (SSSR count). The van der Waals surface area contributed by atoms with Crippen LogP contribution in [0.3, 0.4) is 0 Å². The number of benzene rings is 4. The molecule has 0 fully saturated rings. The minimum Gasteiger partial charge on any atom is -0.287 e. The number of hydrogen-bond donors (Lipinski definition) is 0. The number of alkyl halides is 1. The second kappa shape index (κ2) is 10.9. The molecule has 0 saturated heterocycles. The zero-order valence-corrected chi connectivity index (χ0v) is 18.6. The maximum Gasteiger partial charge on any atom is 0.0975 e. The Kier molecular flexibility index (Phi) is 7.47. The van der Waals surface area contributed by atoms with Gasteiger partial charge in [-0.1, -0.05) is 121 Å². The molecule has 0 radical (unpaired) electrons. The molecule has 4 aromatic carbocycles. The van der Waals surface area contributed by atoms with Gasteiger partial charge in [0.15, 0.2) is 0 Å². The van der Waals surface area contributed by atoms with Crippen molar-refractivity contribution < 1.29 is 4.39 Å². The fourth-order valence-electron chi connectivity index (χ4n) is 4.33. The van der Waals surface area contributed by atoms with Crippen LogP contribution in [-0.2, 0) is 6.54 Å². The van der Waals surface area contributed by atoms with E-state index in [1.807, 2.05) is 18.2 Å². The maximum atomic E-state index is 14.4. The molecule has 1 atom stereocenters. The zero-order valence-electron chi connectivity index (χ0n) is 18.6. The summed E-state index contributed by atoms with van der Waals surface area (Å²) in [6, 6.07) is 39.9. The summed E-state index contributed by atoms with van der Waals surface area (Å²) < 4.78 is 14.4. The number of rotatable bonds is 9. The highest BCUT2D eigenvalue weighted by Crippen LogP contribution is 2.32. The molecule has 0 saturated carbocycles. The third-order valence-corrected chi connectivity index (χ3v) is 6.01. The maximum absolute atomic E-state index is 14.4. The summed E-state index contributed by atoms with van der Waals surface area (Å²) in [6.07, 6.45) is 0. The fraction of sp³-hybridized carbons (Fsp3) is 0.200. The fourth-order valence-corrected chi connectivity index (χ4v) is 4.33. The van der Waals surface area contributed by atoms with Crippen LogP contribution in [0.4, 0.5) is 4.39 Å². The van der Waals surface area contributed by atoms with E-state index in [1.54, 1.807) is 0 Å². The van der Waals surface area contributed by atoms with Crippen LogP contribution >= 0.6 is 0 Å². The second-order valence-electron chi connectivity index (χ2n) is 8.40. The summed E-state index contributed by atoms with van der Waals surface area (Å²) in [6.45, 7) is 3.06. The van der Waals surface area contributed by atoms with Gasteiger partial charge in [-0.2, -0.15) is 0 Å². The molecule has 0 aliphatic rings. The Hall–Kier alpha value is -3.23. The first-order valence-electron chi connectivity index (χ1n) is 11.2. The third-order valence-electron chi connectivity index (χ3n) is 6.01. The molecule has 0 N–H and O–H groups in total. The van der Waals surface area contributed by atoms with Gasteiger partial charge in [0, 0.05) is 19.0 Å². The lowest BCUT2D eigenvalue weighted by Gasteiger charge is -2.35. The normalized spacial score (nSPS) is 12.2. The average Bonchev–Trinajstić information content (AvgIpc) is 2.85. The Labute approximate surface area is 191 Å². The molecule has 0 bridgehead atoms. The van der Waals surface area contributed by atoms with Crippen LogP contribution in [0, 0.1) is 6.92 Å². The zero-order chi connectivity index (χ0) is 22.2. The number of hydrogen-bond acceptors (Lipinski definition) is 1. The van der Waals surface area contributed by atoms with Crippen molar-refractivity contribution in [3.63, 3.8) is 0 Å². The van der Waals surface area contributed by atoms with Crippen molar-refractivity contribution in [2.75, 3.05) is 13.2 Å². The predicted molar refractivity (Wildman–Crippen MR) is 131 cm³/mol. The van der Waals surface area contributed by atoms with Gasteiger partial charge in [-0.05, 0) is 29.2 Å². The van der Waals surface area contributed by atoms with Crippen LogP contribution in [0.1, 0.15) is 39.8 Å². The smallest absolute Gasteiger partial charge is 0.0975 e. The van der Waals surface area contributed by atoms with Crippen LogP contribution in [0.25, 0.3) is 0 Å². The van der Waals surface area contributed by atoms with E-state index in [0.29, 0.717) is 6.54 Å². The molecule has 162 valence electrons. The summed E-state index contributed by atoms with van der Waals surface area (Å²) in [5, 5.41) is 0. The Balaban J connectivity index is 1.74. The molecule has 0 spiro atoms. The molecule has 2 heteroatoms. The lowest BCUT2D eigenvalue weighted by Crippen LogP contribution is -2.34. The summed E-state index contributed by atoms with van der Waals surface area (Å²) in [5.41, 5.74) is 5.91. The second-order valence-corrected chi connectivity index (χ2v) is 8.40. The minimum absolute atomic E-state index is 0.0390. The van der Waals surface area contributed by atoms with Gasteiger partial charge in [-0.25, -0.2) is 0 Å². The first kappa shape index (κ1) is 22.0. The SMILES string of the molecule is Cc1ccc([C@H](CF)CN(Cc2ccccc2)C(c2ccccc2)c2ccccc2)cc1. The van der Waals surface area contributed by atoms with Gasteiger partial charge < -0.3 is 0 Å². The van der Waals surface area contributed by atoms with Gasteiger partial charge in [0.05, 0.1) is 12.7 Å². The van der Waals surface area contributed by atoms with E-state index in [4.69, 9.17) is 0 Å². The largest absolute Gasteiger partial charge is 0.287 e. The molecule has 0 aliphatic heterocycles. The summed E-state index contributed by atoms with van der Waals surface area (Å²) in [4.78, 5) is 2.42. The van der Waals surface area contributed by atoms with E-state index in [0.717, 1.165) is 12.1 Å². The molecular formula is C30H30FN. The topological polar surface area (TPSA) is 3.24 Å². The van der Waals surface area contributed by atoms with E-state index in [1.165, 1.54) is 22.3 Å². The van der Waals surface area contributed by atoms with Gasteiger partial charge in [0.25, 0.3) is 0 Å². The standard InChI is InChI=1S/C30H30FN/c1-24-17-19-26(20-18-24)29(21-31)23-32(22-25-11-5-2-6-12-25)30(27-13-7-3-8-14-27)28-15-9-4-10-16-28/h2-20,29-30H,21-23H2,1H3/t29-/m1/s1. The van der Waals surface area contributed by atoms with E-state index in [2.05, 4.69) is 109 Å². The van der Waals surface area contributed by atoms with Crippen molar-refractivity contribution in [2.24, 2.45) is 0 Å². The van der Waals surface area contributed by atoms with Crippen molar-refractivity contribution in [3.05, 3.63) is 143 Å². The highest BCUT2D eigenvalue weighted by Gasteiger charge is 2.26. The highest BCUT2D eigenvalue weighted by molar-refractivity contribution is 5.33. The van der Waals surface area contributed by atoms with E-state index < -0.39 is 0 Å². The average molecular weight is 424 g/mol. The molecule has 1 nitrogen and oxygen atoms in total. The third kappa shape index (κ3) is 5.52. The number of nitrogens with zero attached hydrogens (tertiary/aromatic N) is 1. The Morgan fingerprint density at radius 3 is 1.62 bits per heavy atom. The number of aryl methyl sites for hydroxylation is 1. The van der Waals surface area contributed by atoms with Gasteiger partial charge >= 0.3 is 0 Å². The monoisotopic (exact) mass is 423 g/mol. The van der Waals surface area contributed by atoms with Crippen molar-refractivity contribution >= 4 is 0 Å².